The summed E-state index contributed by atoms with van der Waals surface area (Å²) in [6.45, 7) is 3.66. The number of aromatic nitrogens is 2. The Morgan fingerprint density at radius 2 is 1.84 bits per heavy atom. The standard InChI is InChI=1S/C23H23FN4O3S/c1-2-14-25-32(30,31)15-16-6-10-18(11-7-16)26-23(29)22-20-4-3-5-21(20)28(27-22)19-12-8-17(24)9-13-19/h2,6-13,25H,1,3-5,14-15H2,(H,26,29). The zero-order valence-electron chi connectivity index (χ0n) is 17.3. The number of anilines is 1. The van der Waals surface area contributed by atoms with E-state index in [0.29, 0.717) is 22.6 Å². The van der Waals surface area contributed by atoms with Crippen LogP contribution in [-0.4, -0.2) is 30.7 Å². The molecule has 1 aliphatic rings. The number of sulfonamides is 1. The molecule has 0 saturated carbocycles. The lowest BCUT2D eigenvalue weighted by Gasteiger charge is -2.08. The average Bonchev–Trinajstić information content (AvgIpc) is 3.37. The average molecular weight is 455 g/mol. The van der Waals surface area contributed by atoms with Gasteiger partial charge in [-0.25, -0.2) is 22.2 Å². The van der Waals surface area contributed by atoms with E-state index in [1.54, 1.807) is 41.1 Å². The molecule has 9 heteroatoms. The van der Waals surface area contributed by atoms with Gasteiger partial charge in [-0.15, -0.1) is 6.58 Å². The van der Waals surface area contributed by atoms with E-state index in [0.717, 1.165) is 30.5 Å². The fourth-order valence-electron chi connectivity index (χ4n) is 3.75. The van der Waals surface area contributed by atoms with Gasteiger partial charge in [0.1, 0.15) is 5.82 Å². The minimum atomic E-state index is -3.45. The summed E-state index contributed by atoms with van der Waals surface area (Å²) in [6, 6.07) is 12.6. The Bertz CT molecular complexity index is 1250. The van der Waals surface area contributed by atoms with Gasteiger partial charge in [0.25, 0.3) is 5.91 Å². The minimum Gasteiger partial charge on any atom is -0.321 e. The highest BCUT2D eigenvalue weighted by Gasteiger charge is 2.27. The van der Waals surface area contributed by atoms with Gasteiger partial charge in [0.15, 0.2) is 5.69 Å². The van der Waals surface area contributed by atoms with E-state index in [4.69, 9.17) is 0 Å². The van der Waals surface area contributed by atoms with Gasteiger partial charge in [-0.2, -0.15) is 5.10 Å². The van der Waals surface area contributed by atoms with Crippen molar-refractivity contribution in [3.8, 4) is 5.69 Å². The predicted octanol–water partition coefficient (Wildman–Crippen LogP) is 3.36. The number of benzene rings is 2. The molecule has 0 spiro atoms. The molecule has 0 bridgehead atoms. The van der Waals surface area contributed by atoms with E-state index in [-0.39, 0.29) is 24.0 Å². The highest BCUT2D eigenvalue weighted by molar-refractivity contribution is 7.88. The number of amides is 1. The summed E-state index contributed by atoms with van der Waals surface area (Å²) < 4.78 is 41.4. The fourth-order valence-corrected chi connectivity index (χ4v) is 4.85. The van der Waals surface area contributed by atoms with Crippen LogP contribution < -0.4 is 10.0 Å². The zero-order valence-corrected chi connectivity index (χ0v) is 18.2. The van der Waals surface area contributed by atoms with Crippen LogP contribution >= 0.6 is 0 Å². The fraction of sp³-hybridized carbons (Fsp3) is 0.217. The van der Waals surface area contributed by atoms with E-state index in [2.05, 4.69) is 21.7 Å². The second kappa shape index (κ2) is 9.05. The Balaban J connectivity index is 1.50. The molecule has 166 valence electrons. The number of nitrogens with one attached hydrogen (secondary N) is 2. The van der Waals surface area contributed by atoms with Crippen molar-refractivity contribution in [3.05, 3.63) is 89.5 Å². The van der Waals surface area contributed by atoms with E-state index in [1.165, 1.54) is 18.2 Å². The van der Waals surface area contributed by atoms with Gasteiger partial charge in [0, 0.05) is 23.5 Å². The molecule has 3 aromatic rings. The minimum absolute atomic E-state index is 0.162. The summed E-state index contributed by atoms with van der Waals surface area (Å²) in [4.78, 5) is 12.9. The van der Waals surface area contributed by atoms with Gasteiger partial charge >= 0.3 is 0 Å². The molecule has 0 unspecified atom stereocenters. The van der Waals surface area contributed by atoms with Crippen LogP contribution in [-0.2, 0) is 28.6 Å². The summed E-state index contributed by atoms with van der Waals surface area (Å²) in [5, 5.41) is 7.34. The van der Waals surface area contributed by atoms with Crippen molar-refractivity contribution >= 4 is 21.6 Å². The highest BCUT2D eigenvalue weighted by atomic mass is 32.2. The molecule has 0 radical (unpaired) electrons. The molecular formula is C23H23FN4O3S. The summed E-state index contributed by atoms with van der Waals surface area (Å²) in [6.07, 6.45) is 3.96. The lowest BCUT2D eigenvalue weighted by molar-refractivity contribution is 0.102. The van der Waals surface area contributed by atoms with Gasteiger partial charge in [0.05, 0.1) is 11.4 Å². The van der Waals surface area contributed by atoms with Crippen molar-refractivity contribution in [3.63, 3.8) is 0 Å². The van der Waals surface area contributed by atoms with Gasteiger partial charge in [-0.1, -0.05) is 18.2 Å². The lowest BCUT2D eigenvalue weighted by atomic mass is 10.2. The monoisotopic (exact) mass is 454 g/mol. The first-order chi connectivity index (χ1) is 15.4. The molecule has 0 aliphatic heterocycles. The molecule has 1 aromatic heterocycles. The first kappa shape index (κ1) is 21.9. The number of nitrogens with zero attached hydrogens (tertiary/aromatic N) is 2. The van der Waals surface area contributed by atoms with Crippen molar-refractivity contribution < 1.29 is 17.6 Å². The summed E-state index contributed by atoms with van der Waals surface area (Å²) >= 11 is 0. The van der Waals surface area contributed by atoms with Crippen molar-refractivity contribution in [2.45, 2.75) is 25.0 Å². The van der Waals surface area contributed by atoms with Crippen LogP contribution in [0.1, 0.15) is 33.7 Å². The van der Waals surface area contributed by atoms with Crippen molar-refractivity contribution in [1.29, 1.82) is 0 Å². The summed E-state index contributed by atoms with van der Waals surface area (Å²) in [7, 11) is -3.45. The summed E-state index contributed by atoms with van der Waals surface area (Å²) in [5.41, 5.74) is 4.07. The largest absolute Gasteiger partial charge is 0.321 e. The Morgan fingerprint density at radius 3 is 2.53 bits per heavy atom. The first-order valence-electron chi connectivity index (χ1n) is 10.2. The molecular weight excluding hydrogens is 431 g/mol. The van der Waals surface area contributed by atoms with E-state index in [9.17, 15) is 17.6 Å². The van der Waals surface area contributed by atoms with Crippen LogP contribution in [0.2, 0.25) is 0 Å². The molecule has 0 saturated heterocycles. The third-order valence-electron chi connectivity index (χ3n) is 5.23. The van der Waals surface area contributed by atoms with Crippen LogP contribution in [0.3, 0.4) is 0 Å². The molecule has 7 nitrogen and oxygen atoms in total. The molecule has 2 aromatic carbocycles. The molecule has 1 amide bonds. The van der Waals surface area contributed by atoms with Crippen LogP contribution in [0.15, 0.2) is 61.2 Å². The maximum atomic E-state index is 13.3. The van der Waals surface area contributed by atoms with Crippen molar-refractivity contribution in [2.75, 3.05) is 11.9 Å². The van der Waals surface area contributed by atoms with Crippen LogP contribution in [0, 0.1) is 5.82 Å². The van der Waals surface area contributed by atoms with Gasteiger partial charge in [-0.05, 0) is 61.2 Å². The number of halogens is 1. The lowest BCUT2D eigenvalue weighted by Crippen LogP contribution is -2.25. The van der Waals surface area contributed by atoms with Crippen LogP contribution in [0.4, 0.5) is 10.1 Å². The summed E-state index contributed by atoms with van der Waals surface area (Å²) in [5.74, 6) is -0.828. The molecule has 4 rings (SSSR count). The van der Waals surface area contributed by atoms with Crippen molar-refractivity contribution in [2.24, 2.45) is 0 Å². The molecule has 1 aliphatic carbocycles. The maximum absolute atomic E-state index is 13.3. The molecule has 32 heavy (non-hydrogen) atoms. The van der Waals surface area contributed by atoms with Crippen LogP contribution in [0.5, 0.6) is 0 Å². The number of carbonyl (C=O) groups is 1. The quantitative estimate of drug-likeness (QED) is 0.511. The number of fused-ring (bicyclic) bond motifs is 1. The maximum Gasteiger partial charge on any atom is 0.276 e. The Hall–Kier alpha value is -3.30. The van der Waals surface area contributed by atoms with E-state index >= 15 is 0 Å². The van der Waals surface area contributed by atoms with Crippen LogP contribution in [0.25, 0.3) is 5.69 Å². The third-order valence-corrected chi connectivity index (χ3v) is 6.55. The Labute approximate surface area is 186 Å². The van der Waals surface area contributed by atoms with Gasteiger partial charge in [-0.3, -0.25) is 4.79 Å². The SMILES string of the molecule is C=CCNS(=O)(=O)Cc1ccc(NC(=O)c2nn(-c3ccc(F)cc3)c3c2CCC3)cc1. The number of hydrogen-bond donors (Lipinski definition) is 2. The number of rotatable bonds is 8. The molecule has 2 N–H and O–H groups in total. The molecule has 0 atom stereocenters. The number of carbonyl (C=O) groups excluding carboxylic acids is 1. The van der Waals surface area contributed by atoms with Crippen molar-refractivity contribution in [1.82, 2.24) is 14.5 Å². The molecule has 0 fully saturated rings. The topological polar surface area (TPSA) is 93.1 Å². The van der Waals surface area contributed by atoms with Gasteiger partial charge in [0.2, 0.25) is 10.0 Å². The van der Waals surface area contributed by atoms with E-state index in [1.807, 2.05) is 0 Å². The normalized spacial score (nSPS) is 13.0. The second-order valence-electron chi connectivity index (χ2n) is 7.56. The van der Waals surface area contributed by atoms with E-state index < -0.39 is 10.0 Å². The first-order valence-corrected chi connectivity index (χ1v) is 11.9. The third kappa shape index (κ3) is 4.79. The Kier molecular flexibility index (Phi) is 6.20. The predicted molar refractivity (Wildman–Crippen MR) is 121 cm³/mol. The highest BCUT2D eigenvalue weighted by Crippen LogP contribution is 2.28. The Morgan fingerprint density at radius 1 is 1.12 bits per heavy atom. The smallest absolute Gasteiger partial charge is 0.276 e. The zero-order chi connectivity index (χ0) is 22.7. The second-order valence-corrected chi connectivity index (χ2v) is 9.37. The number of hydrogen-bond acceptors (Lipinski definition) is 4. The molecule has 1 heterocycles. The van der Waals surface area contributed by atoms with Gasteiger partial charge < -0.3 is 5.32 Å².